The average molecular weight is 317 g/mol. The van der Waals surface area contributed by atoms with Crippen molar-refractivity contribution in [3.8, 4) is 28.5 Å². The van der Waals surface area contributed by atoms with Gasteiger partial charge in [0.05, 0.1) is 11.9 Å². The summed E-state index contributed by atoms with van der Waals surface area (Å²) in [6.07, 6.45) is 1.54. The summed E-state index contributed by atoms with van der Waals surface area (Å²) >= 11 is 0. The van der Waals surface area contributed by atoms with Crippen LogP contribution < -0.4 is 5.73 Å². The van der Waals surface area contributed by atoms with E-state index >= 15 is 0 Å². The van der Waals surface area contributed by atoms with Gasteiger partial charge in [0.2, 0.25) is 0 Å². The number of fused-ring (bicyclic) bond motifs is 1. The van der Waals surface area contributed by atoms with Gasteiger partial charge >= 0.3 is 0 Å². The number of nitrogen functional groups attached to an aromatic ring is 1. The van der Waals surface area contributed by atoms with E-state index in [4.69, 9.17) is 10.2 Å². The van der Waals surface area contributed by atoms with Gasteiger partial charge in [-0.3, -0.25) is 0 Å². The van der Waals surface area contributed by atoms with E-state index in [9.17, 15) is 5.11 Å². The number of hydrogen-bond donors (Lipinski definition) is 2. The number of nitrogens with two attached hydrogens (primary N) is 1. The molecule has 118 valence electrons. The van der Waals surface area contributed by atoms with Gasteiger partial charge in [0.1, 0.15) is 23.0 Å². The molecule has 24 heavy (non-hydrogen) atoms. The Kier molecular flexibility index (Phi) is 3.20. The van der Waals surface area contributed by atoms with E-state index in [1.54, 1.807) is 12.1 Å². The number of aromatic nitrogens is 2. The summed E-state index contributed by atoms with van der Waals surface area (Å²) in [5.41, 5.74) is 8.04. The van der Waals surface area contributed by atoms with Crippen LogP contribution in [0.3, 0.4) is 0 Å². The molecule has 5 nitrogen and oxygen atoms in total. The molecular weight excluding hydrogens is 302 g/mol. The largest absolute Gasteiger partial charge is 0.508 e. The van der Waals surface area contributed by atoms with Crippen molar-refractivity contribution in [2.75, 3.05) is 5.73 Å². The molecule has 0 atom stereocenters. The second-order valence-corrected chi connectivity index (χ2v) is 5.65. The fourth-order valence-corrected chi connectivity index (χ4v) is 2.73. The number of rotatable bonds is 2. The van der Waals surface area contributed by atoms with Crippen LogP contribution in [0.25, 0.3) is 33.5 Å². The molecule has 2 heterocycles. The van der Waals surface area contributed by atoms with Crippen molar-refractivity contribution in [1.82, 2.24) is 9.97 Å². The zero-order valence-corrected chi connectivity index (χ0v) is 13.0. The van der Waals surface area contributed by atoms with Crippen molar-refractivity contribution in [1.29, 1.82) is 0 Å². The van der Waals surface area contributed by atoms with Crippen molar-refractivity contribution >= 4 is 16.6 Å². The van der Waals surface area contributed by atoms with Gasteiger partial charge in [0.25, 0.3) is 0 Å². The van der Waals surface area contributed by atoms with E-state index in [0.717, 1.165) is 22.1 Å². The first-order chi connectivity index (χ1) is 11.6. The highest BCUT2D eigenvalue weighted by Crippen LogP contribution is 2.32. The molecule has 0 bridgehead atoms. The molecule has 5 heteroatoms. The number of aryl methyl sites for hydroxylation is 1. The van der Waals surface area contributed by atoms with Crippen molar-refractivity contribution in [3.63, 3.8) is 0 Å². The second-order valence-electron chi connectivity index (χ2n) is 5.65. The molecule has 0 aliphatic heterocycles. The molecule has 4 rings (SSSR count). The highest BCUT2D eigenvalue weighted by atomic mass is 16.3. The Morgan fingerprint density at radius 1 is 0.958 bits per heavy atom. The minimum Gasteiger partial charge on any atom is -0.508 e. The van der Waals surface area contributed by atoms with Gasteiger partial charge in [0.15, 0.2) is 5.76 Å². The van der Waals surface area contributed by atoms with Crippen molar-refractivity contribution in [3.05, 3.63) is 60.5 Å². The second kappa shape index (κ2) is 5.38. The first-order valence-corrected chi connectivity index (χ1v) is 7.52. The van der Waals surface area contributed by atoms with Crippen LogP contribution in [-0.4, -0.2) is 15.1 Å². The lowest BCUT2D eigenvalue weighted by Crippen LogP contribution is -1.97. The summed E-state index contributed by atoms with van der Waals surface area (Å²) in [5.74, 6) is 2.02. The van der Waals surface area contributed by atoms with Gasteiger partial charge in [-0.1, -0.05) is 18.2 Å². The lowest BCUT2D eigenvalue weighted by atomic mass is 10.0. The molecule has 2 aromatic heterocycles. The van der Waals surface area contributed by atoms with Crippen LogP contribution in [0.15, 0.2) is 59.1 Å². The maximum atomic E-state index is 9.59. The molecule has 4 aromatic rings. The summed E-state index contributed by atoms with van der Waals surface area (Å²) in [6, 6.07) is 14.9. The van der Waals surface area contributed by atoms with Crippen molar-refractivity contribution in [2.24, 2.45) is 0 Å². The highest BCUT2D eigenvalue weighted by molar-refractivity contribution is 5.89. The number of hydrogen-bond acceptors (Lipinski definition) is 5. The minimum atomic E-state index is 0.245. The fraction of sp³-hybridized carbons (Fsp3) is 0.0526. The highest BCUT2D eigenvalue weighted by Gasteiger charge is 2.15. The third kappa shape index (κ3) is 2.46. The number of phenols is 1. The molecule has 0 saturated carbocycles. The summed E-state index contributed by atoms with van der Waals surface area (Å²) in [5, 5.41) is 11.6. The van der Waals surface area contributed by atoms with Gasteiger partial charge in [-0.2, -0.15) is 0 Å². The quantitative estimate of drug-likeness (QED) is 0.580. The van der Waals surface area contributed by atoms with Gasteiger partial charge in [-0.25, -0.2) is 9.97 Å². The average Bonchev–Trinajstić information content (AvgIpc) is 3.01. The predicted molar refractivity (Wildman–Crippen MR) is 93.5 cm³/mol. The predicted octanol–water partition coefficient (Wildman–Crippen LogP) is 4.15. The molecule has 0 amide bonds. The van der Waals surface area contributed by atoms with Crippen molar-refractivity contribution < 1.29 is 9.52 Å². The Morgan fingerprint density at radius 2 is 1.75 bits per heavy atom. The Morgan fingerprint density at radius 3 is 2.54 bits per heavy atom. The van der Waals surface area contributed by atoms with E-state index in [-0.39, 0.29) is 5.75 Å². The molecule has 0 saturated heterocycles. The summed E-state index contributed by atoms with van der Waals surface area (Å²) in [7, 11) is 0. The Bertz CT molecular complexity index is 1050. The SMILES string of the molecule is Cc1ccc(-c2nc(N)cnc2-c2ccc3cc(O)ccc3c2)o1. The third-order valence-corrected chi connectivity index (χ3v) is 3.86. The van der Waals surface area contributed by atoms with Gasteiger partial charge < -0.3 is 15.3 Å². The van der Waals surface area contributed by atoms with E-state index in [0.29, 0.717) is 23.0 Å². The number of nitrogens with zero attached hydrogens (tertiary/aromatic N) is 2. The van der Waals surface area contributed by atoms with Crippen LogP contribution in [0.5, 0.6) is 5.75 Å². The summed E-state index contributed by atoms with van der Waals surface area (Å²) < 4.78 is 5.70. The van der Waals surface area contributed by atoms with Crippen LogP contribution in [0, 0.1) is 6.92 Å². The first kappa shape index (κ1) is 14.3. The first-order valence-electron chi connectivity index (χ1n) is 7.52. The Labute approximate surface area is 138 Å². The molecule has 0 fully saturated rings. The third-order valence-electron chi connectivity index (χ3n) is 3.86. The van der Waals surface area contributed by atoms with Gasteiger partial charge in [0, 0.05) is 5.56 Å². The molecule has 2 aromatic carbocycles. The zero-order valence-electron chi connectivity index (χ0n) is 13.0. The maximum absolute atomic E-state index is 9.59. The number of benzene rings is 2. The number of aromatic hydroxyl groups is 1. The molecule has 0 unspecified atom stereocenters. The van der Waals surface area contributed by atoms with E-state index in [1.165, 1.54) is 6.20 Å². The topological polar surface area (TPSA) is 85.2 Å². The van der Waals surface area contributed by atoms with Crippen LogP contribution in [-0.2, 0) is 0 Å². The Balaban J connectivity index is 1.91. The maximum Gasteiger partial charge on any atom is 0.154 e. The lowest BCUT2D eigenvalue weighted by molar-refractivity contribution is 0.476. The number of furan rings is 1. The van der Waals surface area contributed by atoms with Gasteiger partial charge in [-0.15, -0.1) is 0 Å². The normalized spacial score (nSPS) is 11.0. The fourth-order valence-electron chi connectivity index (χ4n) is 2.73. The molecular formula is C19H15N3O2. The minimum absolute atomic E-state index is 0.245. The smallest absolute Gasteiger partial charge is 0.154 e. The number of anilines is 1. The summed E-state index contributed by atoms with van der Waals surface area (Å²) in [6.45, 7) is 1.88. The molecule has 0 aliphatic carbocycles. The summed E-state index contributed by atoms with van der Waals surface area (Å²) in [4.78, 5) is 8.87. The van der Waals surface area contributed by atoms with Crippen LogP contribution in [0.1, 0.15) is 5.76 Å². The van der Waals surface area contributed by atoms with Crippen molar-refractivity contribution in [2.45, 2.75) is 6.92 Å². The standard InChI is InChI=1S/C19H15N3O2/c1-11-2-7-16(24-11)19-18(21-10-17(20)22-19)14-4-3-13-9-15(23)6-5-12(13)8-14/h2-10,23H,1H3,(H2,20,22). The van der Waals surface area contributed by atoms with Crippen LogP contribution in [0.2, 0.25) is 0 Å². The number of phenolic OH excluding ortho intramolecular Hbond substituents is 1. The molecule has 0 spiro atoms. The lowest BCUT2D eigenvalue weighted by Gasteiger charge is -2.08. The zero-order chi connectivity index (χ0) is 16.7. The molecule has 3 N–H and O–H groups in total. The van der Waals surface area contributed by atoms with Gasteiger partial charge in [-0.05, 0) is 48.0 Å². The molecule has 0 radical (unpaired) electrons. The monoisotopic (exact) mass is 317 g/mol. The molecule has 0 aliphatic rings. The van der Waals surface area contributed by atoms with Crippen LogP contribution >= 0.6 is 0 Å². The van der Waals surface area contributed by atoms with E-state index in [2.05, 4.69) is 9.97 Å². The van der Waals surface area contributed by atoms with Crippen LogP contribution in [0.4, 0.5) is 5.82 Å². The Hall–Kier alpha value is -3.34. The van der Waals surface area contributed by atoms with E-state index < -0.39 is 0 Å². The van der Waals surface area contributed by atoms with E-state index in [1.807, 2.05) is 43.3 Å².